The Balaban J connectivity index is 2.31. The molecule has 4 heteroatoms. The van der Waals surface area contributed by atoms with Gasteiger partial charge in [0.1, 0.15) is 0 Å². The smallest absolute Gasteiger partial charge is 0.196 e. The summed E-state index contributed by atoms with van der Waals surface area (Å²) in [6, 6.07) is 10.5. The summed E-state index contributed by atoms with van der Waals surface area (Å²) in [5, 5.41) is 0. The average Bonchev–Trinajstić information content (AvgIpc) is 2.42. The second kappa shape index (κ2) is 5.97. The van der Waals surface area contributed by atoms with Crippen LogP contribution in [0.15, 0.2) is 47.4 Å². The quantitative estimate of drug-likeness (QED) is 0.612. The van der Waals surface area contributed by atoms with Crippen molar-refractivity contribution in [3.8, 4) is 0 Å². The molecule has 0 radical (unpaired) electrons. The molecule has 0 atom stereocenters. The van der Waals surface area contributed by atoms with Gasteiger partial charge in [-0.25, -0.2) is 8.78 Å². The predicted molar refractivity (Wildman–Crippen MR) is 72.6 cm³/mol. The zero-order valence-corrected chi connectivity index (χ0v) is 11.1. The van der Waals surface area contributed by atoms with Crippen molar-refractivity contribution < 1.29 is 13.6 Å². The summed E-state index contributed by atoms with van der Waals surface area (Å²) in [4.78, 5) is 13.1. The van der Waals surface area contributed by atoms with Crippen molar-refractivity contribution >= 4 is 17.5 Å². The van der Waals surface area contributed by atoms with Crippen LogP contribution >= 0.6 is 11.8 Å². The van der Waals surface area contributed by atoms with Crippen molar-refractivity contribution in [3.63, 3.8) is 0 Å². The lowest BCUT2D eigenvalue weighted by molar-refractivity contribution is 0.103. The molecule has 0 aliphatic heterocycles. The topological polar surface area (TPSA) is 17.1 Å². The number of halogens is 2. The molecule has 0 heterocycles. The van der Waals surface area contributed by atoms with Gasteiger partial charge in [-0.05, 0) is 42.2 Å². The van der Waals surface area contributed by atoms with Gasteiger partial charge in [0, 0.05) is 10.5 Å². The van der Waals surface area contributed by atoms with Crippen LogP contribution in [0.3, 0.4) is 0 Å². The average molecular weight is 278 g/mol. The molecule has 0 bridgehead atoms. The van der Waals surface area contributed by atoms with Crippen LogP contribution < -0.4 is 0 Å². The Bertz CT molecular complexity index is 594. The normalized spacial score (nSPS) is 10.5. The minimum absolute atomic E-state index is 0.240. The monoisotopic (exact) mass is 278 g/mol. The molecular weight excluding hydrogens is 266 g/mol. The largest absolute Gasteiger partial charge is 0.288 e. The number of hydrogen-bond acceptors (Lipinski definition) is 2. The first-order chi connectivity index (χ1) is 9.13. The summed E-state index contributed by atoms with van der Waals surface area (Å²) < 4.78 is 26.6. The second-order valence-corrected chi connectivity index (χ2v) is 5.23. The first-order valence-electron chi connectivity index (χ1n) is 5.85. The predicted octanol–water partition coefficient (Wildman–Crippen LogP) is 4.31. The van der Waals surface area contributed by atoms with E-state index in [0.29, 0.717) is 5.56 Å². The molecule has 1 nitrogen and oxygen atoms in total. The maximum atomic E-state index is 13.5. The van der Waals surface area contributed by atoms with Crippen LogP contribution in [0.5, 0.6) is 0 Å². The first kappa shape index (κ1) is 13.7. The molecular formula is C15H12F2OS. The van der Waals surface area contributed by atoms with Gasteiger partial charge < -0.3 is 0 Å². The van der Waals surface area contributed by atoms with Crippen LogP contribution in [0.4, 0.5) is 8.78 Å². The molecule has 98 valence electrons. The van der Waals surface area contributed by atoms with E-state index >= 15 is 0 Å². The van der Waals surface area contributed by atoms with Crippen LogP contribution in [0.1, 0.15) is 22.8 Å². The van der Waals surface area contributed by atoms with Crippen molar-refractivity contribution in [1.29, 1.82) is 0 Å². The molecule has 0 saturated carbocycles. The van der Waals surface area contributed by atoms with E-state index < -0.39 is 17.4 Å². The number of thioether (sulfide) groups is 1. The van der Waals surface area contributed by atoms with Crippen LogP contribution in [0.25, 0.3) is 0 Å². The summed E-state index contributed by atoms with van der Waals surface area (Å²) in [5.74, 6) is -1.68. The highest BCUT2D eigenvalue weighted by molar-refractivity contribution is 7.99. The Morgan fingerprint density at radius 1 is 1.11 bits per heavy atom. The Kier molecular flexibility index (Phi) is 4.32. The number of carbonyl (C=O) groups is 1. The Morgan fingerprint density at radius 3 is 2.42 bits per heavy atom. The fourth-order valence-corrected chi connectivity index (χ4v) is 2.37. The number of ketones is 1. The Morgan fingerprint density at radius 2 is 1.79 bits per heavy atom. The van der Waals surface area contributed by atoms with E-state index in [1.54, 1.807) is 36.0 Å². The molecule has 0 aromatic heterocycles. The van der Waals surface area contributed by atoms with Crippen molar-refractivity contribution in [2.24, 2.45) is 0 Å². The van der Waals surface area contributed by atoms with Gasteiger partial charge in [-0.3, -0.25) is 4.79 Å². The molecule has 2 aromatic carbocycles. The third-order valence-corrected chi connectivity index (χ3v) is 3.52. The van der Waals surface area contributed by atoms with Gasteiger partial charge >= 0.3 is 0 Å². The molecule has 0 unspecified atom stereocenters. The summed E-state index contributed by atoms with van der Waals surface area (Å²) in [5.41, 5.74) is 0.112. The zero-order chi connectivity index (χ0) is 13.8. The molecule has 0 aliphatic rings. The van der Waals surface area contributed by atoms with Crippen molar-refractivity contribution in [2.75, 3.05) is 5.75 Å². The highest BCUT2D eigenvalue weighted by Gasteiger charge is 2.16. The summed E-state index contributed by atoms with van der Waals surface area (Å²) in [6.45, 7) is 2.03. The molecule has 0 fully saturated rings. The minimum Gasteiger partial charge on any atom is -0.288 e. The summed E-state index contributed by atoms with van der Waals surface area (Å²) in [7, 11) is 0. The third kappa shape index (κ3) is 3.01. The fourth-order valence-electron chi connectivity index (χ4n) is 1.70. The van der Waals surface area contributed by atoms with Crippen molar-refractivity contribution in [2.45, 2.75) is 11.8 Å². The van der Waals surface area contributed by atoms with E-state index in [1.807, 2.05) is 6.92 Å². The van der Waals surface area contributed by atoms with Gasteiger partial charge in [0.05, 0.1) is 5.56 Å². The third-order valence-electron chi connectivity index (χ3n) is 2.62. The maximum absolute atomic E-state index is 13.5. The van der Waals surface area contributed by atoms with Crippen LogP contribution in [0.2, 0.25) is 0 Å². The van der Waals surface area contributed by atoms with Gasteiger partial charge in [0.25, 0.3) is 0 Å². The molecule has 0 spiro atoms. The van der Waals surface area contributed by atoms with Gasteiger partial charge in [0.2, 0.25) is 0 Å². The van der Waals surface area contributed by atoms with Crippen LogP contribution in [0, 0.1) is 11.6 Å². The van der Waals surface area contributed by atoms with Gasteiger partial charge in [0.15, 0.2) is 17.4 Å². The van der Waals surface area contributed by atoms with Crippen LogP contribution in [-0.2, 0) is 0 Å². The van der Waals surface area contributed by atoms with E-state index in [1.165, 1.54) is 12.1 Å². The van der Waals surface area contributed by atoms with E-state index in [-0.39, 0.29) is 5.56 Å². The first-order valence-corrected chi connectivity index (χ1v) is 6.83. The Labute approximate surface area is 114 Å². The molecule has 0 amide bonds. The van der Waals surface area contributed by atoms with E-state index in [0.717, 1.165) is 16.7 Å². The molecule has 19 heavy (non-hydrogen) atoms. The zero-order valence-electron chi connectivity index (χ0n) is 10.3. The van der Waals surface area contributed by atoms with E-state index in [2.05, 4.69) is 0 Å². The molecule has 2 rings (SSSR count). The highest BCUT2D eigenvalue weighted by atomic mass is 32.2. The lowest BCUT2D eigenvalue weighted by atomic mass is 10.0. The van der Waals surface area contributed by atoms with E-state index in [4.69, 9.17) is 0 Å². The second-order valence-electron chi connectivity index (χ2n) is 3.89. The lowest BCUT2D eigenvalue weighted by Gasteiger charge is -2.04. The summed E-state index contributed by atoms with van der Waals surface area (Å²) >= 11 is 1.65. The Hall–Kier alpha value is -1.68. The van der Waals surface area contributed by atoms with Crippen LogP contribution in [-0.4, -0.2) is 11.5 Å². The molecule has 0 aliphatic carbocycles. The minimum atomic E-state index is -1.10. The maximum Gasteiger partial charge on any atom is 0.196 e. The SMILES string of the molecule is CCSc1ccc(C(=O)c2cccc(F)c2F)cc1. The number of benzene rings is 2. The fraction of sp³-hybridized carbons (Fsp3) is 0.133. The van der Waals surface area contributed by atoms with Crippen molar-refractivity contribution in [1.82, 2.24) is 0 Å². The standard InChI is InChI=1S/C15H12F2OS/c1-2-19-11-8-6-10(7-9-11)15(18)12-4-3-5-13(16)14(12)17/h3-9H,2H2,1H3. The van der Waals surface area contributed by atoms with Crippen molar-refractivity contribution in [3.05, 3.63) is 65.2 Å². The molecule has 0 N–H and O–H groups in total. The van der Waals surface area contributed by atoms with Gasteiger partial charge in [-0.2, -0.15) is 0 Å². The molecule has 0 saturated heterocycles. The highest BCUT2D eigenvalue weighted by Crippen LogP contribution is 2.20. The summed E-state index contributed by atoms with van der Waals surface area (Å²) in [6.07, 6.45) is 0. The number of rotatable bonds is 4. The van der Waals surface area contributed by atoms with Gasteiger partial charge in [-0.15, -0.1) is 11.8 Å². The van der Waals surface area contributed by atoms with E-state index in [9.17, 15) is 13.6 Å². The molecule has 2 aromatic rings. The lowest BCUT2D eigenvalue weighted by Crippen LogP contribution is -2.05. The van der Waals surface area contributed by atoms with Gasteiger partial charge in [-0.1, -0.05) is 13.0 Å². The number of carbonyl (C=O) groups excluding carboxylic acids is 1. The number of hydrogen-bond donors (Lipinski definition) is 0.